The molecule has 0 aliphatic heterocycles. The Labute approximate surface area is 120 Å². The summed E-state index contributed by atoms with van der Waals surface area (Å²) in [5.41, 5.74) is -1.49. The SMILES string of the molecule is COc1cc(F)ccc1Oc1c(F)cc(C(F)(F)F)cc1F. The molecule has 0 unspecified atom stereocenters. The standard InChI is InChI=1S/C14H8F6O2/c1-21-12-6-8(15)2-3-11(12)22-13-9(16)4-7(5-10(13)17)14(18,19)20/h2-6H,1H3. The van der Waals surface area contributed by atoms with Crippen LogP contribution >= 0.6 is 0 Å². The maximum atomic E-state index is 13.7. The molecule has 22 heavy (non-hydrogen) atoms. The second kappa shape index (κ2) is 5.78. The molecule has 0 atom stereocenters. The van der Waals surface area contributed by atoms with Crippen molar-refractivity contribution in [2.24, 2.45) is 0 Å². The highest BCUT2D eigenvalue weighted by Gasteiger charge is 2.33. The Balaban J connectivity index is 2.43. The van der Waals surface area contributed by atoms with Crippen LogP contribution in [-0.4, -0.2) is 7.11 Å². The van der Waals surface area contributed by atoms with Crippen LogP contribution < -0.4 is 9.47 Å². The molecule has 0 saturated heterocycles. The number of ether oxygens (including phenoxy) is 2. The van der Waals surface area contributed by atoms with E-state index in [-0.39, 0.29) is 23.6 Å². The van der Waals surface area contributed by atoms with Crippen LogP contribution in [0.5, 0.6) is 17.2 Å². The van der Waals surface area contributed by atoms with Crippen molar-refractivity contribution in [2.75, 3.05) is 7.11 Å². The molecule has 0 bridgehead atoms. The van der Waals surface area contributed by atoms with E-state index in [1.807, 2.05) is 0 Å². The number of methoxy groups -OCH3 is 1. The van der Waals surface area contributed by atoms with E-state index in [0.717, 1.165) is 18.2 Å². The van der Waals surface area contributed by atoms with Gasteiger partial charge in [0, 0.05) is 6.07 Å². The summed E-state index contributed by atoms with van der Waals surface area (Å²) in [7, 11) is 1.17. The van der Waals surface area contributed by atoms with Crippen LogP contribution in [0.3, 0.4) is 0 Å². The predicted molar refractivity (Wildman–Crippen MR) is 64.4 cm³/mol. The van der Waals surface area contributed by atoms with Crippen molar-refractivity contribution in [2.45, 2.75) is 6.18 Å². The fourth-order valence-corrected chi connectivity index (χ4v) is 1.66. The van der Waals surface area contributed by atoms with Crippen molar-refractivity contribution in [3.8, 4) is 17.2 Å². The largest absolute Gasteiger partial charge is 0.493 e. The van der Waals surface area contributed by atoms with Crippen molar-refractivity contribution < 1.29 is 35.8 Å². The van der Waals surface area contributed by atoms with Crippen LogP contribution in [0.25, 0.3) is 0 Å². The third kappa shape index (κ3) is 3.26. The highest BCUT2D eigenvalue weighted by molar-refractivity contribution is 5.44. The van der Waals surface area contributed by atoms with Gasteiger partial charge in [0.15, 0.2) is 28.9 Å². The molecular formula is C14H8F6O2. The maximum Gasteiger partial charge on any atom is 0.416 e. The quantitative estimate of drug-likeness (QED) is 0.747. The van der Waals surface area contributed by atoms with Gasteiger partial charge in [0.1, 0.15) is 5.82 Å². The molecule has 0 spiro atoms. The van der Waals surface area contributed by atoms with Crippen LogP contribution in [0.4, 0.5) is 26.3 Å². The van der Waals surface area contributed by atoms with Gasteiger partial charge in [-0.3, -0.25) is 0 Å². The average Bonchev–Trinajstić information content (AvgIpc) is 2.42. The molecule has 0 radical (unpaired) electrons. The van der Waals surface area contributed by atoms with Gasteiger partial charge in [-0.15, -0.1) is 0 Å². The zero-order chi connectivity index (χ0) is 16.5. The molecule has 0 N–H and O–H groups in total. The number of halogens is 6. The first-order valence-corrected chi connectivity index (χ1v) is 5.80. The molecule has 0 amide bonds. The fourth-order valence-electron chi connectivity index (χ4n) is 1.66. The Morgan fingerprint density at radius 3 is 1.95 bits per heavy atom. The predicted octanol–water partition coefficient (Wildman–Crippen LogP) is 4.92. The summed E-state index contributed by atoms with van der Waals surface area (Å²) in [5, 5.41) is 0. The molecule has 0 saturated carbocycles. The zero-order valence-electron chi connectivity index (χ0n) is 11.0. The molecule has 2 nitrogen and oxygen atoms in total. The number of benzene rings is 2. The second-order valence-corrected chi connectivity index (χ2v) is 4.16. The summed E-state index contributed by atoms with van der Waals surface area (Å²) in [4.78, 5) is 0. The lowest BCUT2D eigenvalue weighted by molar-refractivity contribution is -0.138. The molecule has 0 aliphatic carbocycles. The Bertz CT molecular complexity index is 673. The number of alkyl halides is 3. The summed E-state index contributed by atoms with van der Waals surface area (Å²) in [6, 6.07) is 3.08. The van der Waals surface area contributed by atoms with Gasteiger partial charge in [-0.2, -0.15) is 13.2 Å². The summed E-state index contributed by atoms with van der Waals surface area (Å²) < 4.78 is 87.3. The van der Waals surface area contributed by atoms with Crippen LogP contribution in [0, 0.1) is 17.5 Å². The normalized spacial score (nSPS) is 11.4. The summed E-state index contributed by atoms with van der Waals surface area (Å²) >= 11 is 0. The second-order valence-electron chi connectivity index (χ2n) is 4.16. The van der Waals surface area contributed by atoms with Crippen molar-refractivity contribution >= 4 is 0 Å². The van der Waals surface area contributed by atoms with Gasteiger partial charge in [-0.1, -0.05) is 0 Å². The lowest BCUT2D eigenvalue weighted by Gasteiger charge is -2.13. The molecule has 118 valence electrons. The van der Waals surface area contributed by atoms with E-state index in [9.17, 15) is 26.3 Å². The van der Waals surface area contributed by atoms with E-state index in [1.54, 1.807) is 0 Å². The van der Waals surface area contributed by atoms with E-state index >= 15 is 0 Å². The van der Waals surface area contributed by atoms with Crippen molar-refractivity contribution in [1.29, 1.82) is 0 Å². The van der Waals surface area contributed by atoms with E-state index in [2.05, 4.69) is 0 Å². The minimum absolute atomic E-state index is 0.106. The highest BCUT2D eigenvalue weighted by Crippen LogP contribution is 2.38. The van der Waals surface area contributed by atoms with Gasteiger partial charge in [0.2, 0.25) is 0 Å². The molecule has 0 aromatic heterocycles. The van der Waals surface area contributed by atoms with Crippen molar-refractivity contribution in [3.05, 3.63) is 53.3 Å². The zero-order valence-corrected chi connectivity index (χ0v) is 11.0. The Kier molecular flexibility index (Phi) is 4.20. The van der Waals surface area contributed by atoms with E-state index in [4.69, 9.17) is 9.47 Å². The number of rotatable bonds is 3. The molecule has 0 heterocycles. The molecule has 2 rings (SSSR count). The van der Waals surface area contributed by atoms with Gasteiger partial charge in [-0.05, 0) is 24.3 Å². The van der Waals surface area contributed by atoms with Crippen LogP contribution in [0.15, 0.2) is 30.3 Å². The summed E-state index contributed by atoms with van der Waals surface area (Å²) in [6.45, 7) is 0. The molecule has 2 aromatic carbocycles. The van der Waals surface area contributed by atoms with Crippen LogP contribution in [0.2, 0.25) is 0 Å². The Hall–Kier alpha value is -2.38. The monoisotopic (exact) mass is 322 g/mol. The van der Waals surface area contributed by atoms with Gasteiger partial charge in [-0.25, -0.2) is 13.2 Å². The molecule has 0 aliphatic rings. The molecule has 8 heteroatoms. The fraction of sp³-hybridized carbons (Fsp3) is 0.143. The first-order valence-electron chi connectivity index (χ1n) is 5.80. The lowest BCUT2D eigenvalue weighted by atomic mass is 10.2. The van der Waals surface area contributed by atoms with Crippen LogP contribution in [0.1, 0.15) is 5.56 Å². The highest BCUT2D eigenvalue weighted by atomic mass is 19.4. The smallest absolute Gasteiger partial charge is 0.416 e. The Morgan fingerprint density at radius 2 is 1.45 bits per heavy atom. The first kappa shape index (κ1) is 16.0. The van der Waals surface area contributed by atoms with Crippen molar-refractivity contribution in [3.63, 3.8) is 0 Å². The van der Waals surface area contributed by atoms with Crippen LogP contribution in [-0.2, 0) is 6.18 Å². The van der Waals surface area contributed by atoms with Gasteiger partial charge < -0.3 is 9.47 Å². The molecular weight excluding hydrogens is 314 g/mol. The summed E-state index contributed by atoms with van der Waals surface area (Å²) in [5.74, 6) is -5.23. The van der Waals surface area contributed by atoms with Gasteiger partial charge in [0.25, 0.3) is 0 Å². The minimum Gasteiger partial charge on any atom is -0.493 e. The average molecular weight is 322 g/mol. The van der Waals surface area contributed by atoms with E-state index in [1.165, 1.54) is 7.11 Å². The van der Waals surface area contributed by atoms with Crippen molar-refractivity contribution in [1.82, 2.24) is 0 Å². The minimum atomic E-state index is -4.90. The topological polar surface area (TPSA) is 18.5 Å². The third-order valence-corrected chi connectivity index (χ3v) is 2.66. The Morgan fingerprint density at radius 1 is 0.864 bits per heavy atom. The van der Waals surface area contributed by atoms with Gasteiger partial charge in [0.05, 0.1) is 12.7 Å². The lowest BCUT2D eigenvalue weighted by Crippen LogP contribution is -2.07. The van der Waals surface area contributed by atoms with Gasteiger partial charge >= 0.3 is 6.18 Å². The maximum absolute atomic E-state index is 13.7. The first-order chi connectivity index (χ1) is 10.2. The third-order valence-electron chi connectivity index (χ3n) is 2.66. The van der Waals surface area contributed by atoms with E-state index in [0.29, 0.717) is 0 Å². The molecule has 0 fully saturated rings. The number of hydrogen-bond donors (Lipinski definition) is 0. The number of hydrogen-bond acceptors (Lipinski definition) is 2. The van der Waals surface area contributed by atoms with E-state index < -0.39 is 34.9 Å². The molecule has 2 aromatic rings. The summed E-state index contributed by atoms with van der Waals surface area (Å²) in [6.07, 6.45) is -4.90.